The lowest BCUT2D eigenvalue weighted by atomic mass is 10.0. The van der Waals surface area contributed by atoms with Gasteiger partial charge < -0.3 is 9.84 Å². The second-order valence-electron chi connectivity index (χ2n) is 5.45. The molecular weight excluding hydrogens is 419 g/mol. The molecule has 0 bridgehead atoms. The van der Waals surface area contributed by atoms with Crippen LogP contribution in [0.4, 0.5) is 0 Å². The molecule has 0 spiro atoms. The second-order valence-corrected chi connectivity index (χ2v) is 6.62. The number of rotatable bonds is 5. The Labute approximate surface area is 154 Å². The summed E-state index contributed by atoms with van der Waals surface area (Å²) in [6.45, 7) is 4.01. The second kappa shape index (κ2) is 8.14. The van der Waals surface area contributed by atoms with Crippen LogP contribution in [0.5, 0.6) is 11.5 Å². The van der Waals surface area contributed by atoms with E-state index in [0.29, 0.717) is 9.32 Å². The van der Waals surface area contributed by atoms with Gasteiger partial charge in [-0.2, -0.15) is 5.10 Å². The van der Waals surface area contributed by atoms with Crippen molar-refractivity contribution in [3.63, 3.8) is 0 Å². The first-order valence-electron chi connectivity index (χ1n) is 7.35. The maximum absolute atomic E-state index is 12.0. The zero-order valence-electron chi connectivity index (χ0n) is 13.8. The Morgan fingerprint density at radius 2 is 2.08 bits per heavy atom. The zero-order valence-corrected chi connectivity index (χ0v) is 15.9. The van der Waals surface area contributed by atoms with Gasteiger partial charge in [-0.15, -0.1) is 0 Å². The predicted molar refractivity (Wildman–Crippen MR) is 103 cm³/mol. The molecule has 0 aliphatic heterocycles. The quantitative estimate of drug-likeness (QED) is 0.428. The SMILES string of the molecule is COc1cc(/C=N/NC(=O)Cc2ccc(C)cc2C)cc(I)c1O. The van der Waals surface area contributed by atoms with Gasteiger partial charge in [0.1, 0.15) is 0 Å². The Balaban J connectivity index is 2.01. The van der Waals surface area contributed by atoms with Gasteiger partial charge in [-0.25, -0.2) is 5.43 Å². The predicted octanol–water partition coefficient (Wildman–Crippen LogP) is 3.32. The summed E-state index contributed by atoms with van der Waals surface area (Å²) in [6, 6.07) is 9.40. The summed E-state index contributed by atoms with van der Waals surface area (Å²) in [6.07, 6.45) is 1.80. The number of carbonyl (C=O) groups excluding carboxylic acids is 1. The number of phenolic OH excluding ortho intramolecular Hbond substituents is 1. The molecule has 0 saturated heterocycles. The van der Waals surface area contributed by atoms with Crippen molar-refractivity contribution in [2.75, 3.05) is 7.11 Å². The molecule has 0 fully saturated rings. The fourth-order valence-electron chi connectivity index (χ4n) is 2.26. The molecule has 0 heterocycles. The molecule has 6 heteroatoms. The van der Waals surface area contributed by atoms with E-state index in [1.165, 1.54) is 18.9 Å². The molecule has 2 rings (SSSR count). The number of carbonyl (C=O) groups is 1. The molecule has 0 aromatic heterocycles. The van der Waals surface area contributed by atoms with Crippen LogP contribution < -0.4 is 10.2 Å². The van der Waals surface area contributed by atoms with Crippen LogP contribution in [-0.2, 0) is 11.2 Å². The Hall–Kier alpha value is -2.09. The van der Waals surface area contributed by atoms with E-state index in [2.05, 4.69) is 16.6 Å². The minimum atomic E-state index is -0.182. The molecule has 0 aliphatic carbocycles. The largest absolute Gasteiger partial charge is 0.504 e. The van der Waals surface area contributed by atoms with Crippen molar-refractivity contribution in [1.82, 2.24) is 5.43 Å². The number of aryl methyl sites for hydroxylation is 2. The number of methoxy groups -OCH3 is 1. The first-order valence-corrected chi connectivity index (χ1v) is 8.43. The molecule has 2 aromatic rings. The number of nitrogens with one attached hydrogen (secondary N) is 1. The third-order valence-electron chi connectivity index (χ3n) is 3.52. The van der Waals surface area contributed by atoms with Crippen molar-refractivity contribution in [3.05, 3.63) is 56.2 Å². The Morgan fingerprint density at radius 3 is 2.75 bits per heavy atom. The van der Waals surface area contributed by atoms with E-state index in [0.717, 1.165) is 16.7 Å². The number of halogens is 1. The maximum Gasteiger partial charge on any atom is 0.244 e. The van der Waals surface area contributed by atoms with Crippen LogP contribution in [0, 0.1) is 17.4 Å². The van der Waals surface area contributed by atoms with E-state index in [-0.39, 0.29) is 18.1 Å². The summed E-state index contributed by atoms with van der Waals surface area (Å²) in [4.78, 5) is 12.0. The summed E-state index contributed by atoms with van der Waals surface area (Å²) in [5.74, 6) is 0.276. The van der Waals surface area contributed by atoms with Crippen LogP contribution in [0.2, 0.25) is 0 Å². The molecule has 0 unspecified atom stereocenters. The number of hydrogen-bond donors (Lipinski definition) is 2. The summed E-state index contributed by atoms with van der Waals surface area (Å²) in [5.41, 5.74) is 6.48. The highest BCUT2D eigenvalue weighted by atomic mass is 127. The van der Waals surface area contributed by atoms with Gasteiger partial charge in [0, 0.05) is 0 Å². The normalized spacial score (nSPS) is 10.8. The molecule has 126 valence electrons. The molecule has 0 atom stereocenters. The van der Waals surface area contributed by atoms with Crippen molar-refractivity contribution in [1.29, 1.82) is 0 Å². The fraction of sp³-hybridized carbons (Fsp3) is 0.222. The average molecular weight is 438 g/mol. The Morgan fingerprint density at radius 1 is 1.33 bits per heavy atom. The van der Waals surface area contributed by atoms with Crippen molar-refractivity contribution in [2.24, 2.45) is 5.10 Å². The maximum atomic E-state index is 12.0. The van der Waals surface area contributed by atoms with E-state index in [1.54, 1.807) is 12.1 Å². The number of hydrazone groups is 1. The first-order chi connectivity index (χ1) is 11.4. The Kier molecular flexibility index (Phi) is 6.19. The van der Waals surface area contributed by atoms with Crippen LogP contribution in [-0.4, -0.2) is 24.3 Å². The van der Waals surface area contributed by atoms with Crippen LogP contribution in [0.3, 0.4) is 0 Å². The summed E-state index contributed by atoms with van der Waals surface area (Å²) in [5, 5.41) is 13.8. The number of phenols is 1. The van der Waals surface area contributed by atoms with Crippen LogP contribution >= 0.6 is 22.6 Å². The first kappa shape index (κ1) is 18.3. The molecular formula is C18H19IN2O3. The van der Waals surface area contributed by atoms with Crippen molar-refractivity contribution < 1.29 is 14.6 Å². The summed E-state index contributed by atoms with van der Waals surface area (Å²) >= 11 is 2.01. The van der Waals surface area contributed by atoms with E-state index < -0.39 is 0 Å². The molecule has 0 radical (unpaired) electrons. The summed E-state index contributed by atoms with van der Waals surface area (Å²) in [7, 11) is 1.48. The monoisotopic (exact) mass is 438 g/mol. The molecule has 1 amide bonds. The van der Waals surface area contributed by atoms with E-state index in [4.69, 9.17) is 4.74 Å². The molecule has 0 aliphatic rings. The van der Waals surface area contributed by atoms with Gasteiger partial charge in [0.25, 0.3) is 0 Å². The lowest BCUT2D eigenvalue weighted by molar-refractivity contribution is -0.120. The third kappa shape index (κ3) is 4.70. The molecule has 0 saturated carbocycles. The highest BCUT2D eigenvalue weighted by Crippen LogP contribution is 2.31. The van der Waals surface area contributed by atoms with Gasteiger partial charge in [-0.3, -0.25) is 4.79 Å². The number of ether oxygens (including phenoxy) is 1. The average Bonchev–Trinajstić information content (AvgIpc) is 2.53. The van der Waals surface area contributed by atoms with Crippen molar-refractivity contribution in [3.8, 4) is 11.5 Å². The smallest absolute Gasteiger partial charge is 0.244 e. The third-order valence-corrected chi connectivity index (χ3v) is 4.34. The standard InChI is InChI=1S/C18H19IN2O3/c1-11-4-5-14(12(2)6-11)9-17(22)21-20-10-13-7-15(19)18(23)16(8-13)24-3/h4-8,10,23H,9H2,1-3H3,(H,21,22)/b20-10+. The number of hydrogen-bond acceptors (Lipinski definition) is 4. The topological polar surface area (TPSA) is 70.9 Å². The number of aromatic hydroxyl groups is 1. The Bertz CT molecular complexity index is 788. The van der Waals surface area contributed by atoms with Crippen molar-refractivity contribution in [2.45, 2.75) is 20.3 Å². The molecule has 24 heavy (non-hydrogen) atoms. The minimum absolute atomic E-state index is 0.0918. The minimum Gasteiger partial charge on any atom is -0.504 e. The van der Waals surface area contributed by atoms with Gasteiger partial charge in [0.15, 0.2) is 11.5 Å². The number of nitrogens with zero attached hydrogens (tertiary/aromatic N) is 1. The highest BCUT2D eigenvalue weighted by Gasteiger charge is 2.08. The van der Waals surface area contributed by atoms with E-state index in [9.17, 15) is 9.90 Å². The zero-order chi connectivity index (χ0) is 17.7. The summed E-state index contributed by atoms with van der Waals surface area (Å²) < 4.78 is 5.74. The number of amides is 1. The van der Waals surface area contributed by atoms with Crippen LogP contribution in [0.1, 0.15) is 22.3 Å². The molecule has 2 aromatic carbocycles. The van der Waals surface area contributed by atoms with Gasteiger partial charge in [-0.05, 0) is 65.3 Å². The van der Waals surface area contributed by atoms with Gasteiger partial charge >= 0.3 is 0 Å². The lowest BCUT2D eigenvalue weighted by Crippen LogP contribution is -2.20. The van der Waals surface area contributed by atoms with Crippen molar-refractivity contribution >= 4 is 34.7 Å². The lowest BCUT2D eigenvalue weighted by Gasteiger charge is -2.07. The van der Waals surface area contributed by atoms with Crippen LogP contribution in [0.15, 0.2) is 35.4 Å². The molecule has 5 nitrogen and oxygen atoms in total. The van der Waals surface area contributed by atoms with Gasteiger partial charge in [-0.1, -0.05) is 23.8 Å². The highest BCUT2D eigenvalue weighted by molar-refractivity contribution is 14.1. The fourth-order valence-corrected chi connectivity index (χ4v) is 2.88. The number of benzene rings is 2. The van der Waals surface area contributed by atoms with Gasteiger partial charge in [0.05, 0.1) is 23.3 Å². The van der Waals surface area contributed by atoms with Crippen LogP contribution in [0.25, 0.3) is 0 Å². The molecule has 2 N–H and O–H groups in total. The van der Waals surface area contributed by atoms with E-state index >= 15 is 0 Å². The van der Waals surface area contributed by atoms with Gasteiger partial charge in [0.2, 0.25) is 5.91 Å². The van der Waals surface area contributed by atoms with E-state index in [1.807, 2.05) is 48.6 Å².